The number of nitrogens with one attached hydrogen (secondary N) is 2. The molecular weight excluding hydrogens is 366 g/mol. The Kier molecular flexibility index (Phi) is 6.29. The van der Waals surface area contributed by atoms with E-state index in [0.717, 1.165) is 47.2 Å². The predicted octanol–water partition coefficient (Wildman–Crippen LogP) is 5.10. The molecule has 2 N–H and O–H groups in total. The van der Waals surface area contributed by atoms with E-state index in [1.54, 1.807) is 11.8 Å². The first kappa shape index (κ1) is 19.3. The van der Waals surface area contributed by atoms with E-state index in [1.165, 1.54) is 17.8 Å². The molecule has 0 spiro atoms. The highest BCUT2D eigenvalue weighted by Crippen LogP contribution is 2.34. The molecule has 1 saturated carbocycles. The first-order chi connectivity index (χ1) is 12.4. The number of ether oxygens (including phenoxy) is 1. The lowest BCUT2D eigenvalue weighted by atomic mass is 9.89. The van der Waals surface area contributed by atoms with Gasteiger partial charge in [0.2, 0.25) is 5.91 Å². The van der Waals surface area contributed by atoms with Crippen molar-refractivity contribution in [2.24, 2.45) is 11.3 Å². The molecule has 5 nitrogen and oxygen atoms in total. The average molecular weight is 394 g/mol. The maximum atomic E-state index is 12.3. The van der Waals surface area contributed by atoms with Crippen molar-refractivity contribution in [3.63, 3.8) is 0 Å². The van der Waals surface area contributed by atoms with Crippen molar-refractivity contribution in [2.45, 2.75) is 57.1 Å². The van der Waals surface area contributed by atoms with E-state index in [-0.39, 0.29) is 17.2 Å². The van der Waals surface area contributed by atoms with Crippen LogP contribution in [0.4, 0.5) is 5.13 Å². The molecule has 0 bridgehead atoms. The molecule has 0 saturated heterocycles. The Balaban J connectivity index is 1.48. The number of thiazole rings is 1. The third kappa shape index (κ3) is 5.27. The Labute approximate surface area is 163 Å². The number of amides is 1. The Hall–Kier alpha value is -1.47. The summed E-state index contributed by atoms with van der Waals surface area (Å²) < 4.78 is 7.05. The van der Waals surface area contributed by atoms with E-state index in [4.69, 9.17) is 4.74 Å². The van der Waals surface area contributed by atoms with Crippen LogP contribution in [0.25, 0.3) is 0 Å². The van der Waals surface area contributed by atoms with Gasteiger partial charge < -0.3 is 15.4 Å². The minimum Gasteiger partial charge on any atom is -0.462 e. The quantitative estimate of drug-likeness (QED) is 0.681. The maximum Gasteiger partial charge on any atom is 0.229 e. The first-order valence-corrected chi connectivity index (χ1v) is 10.9. The second-order valence-electron chi connectivity index (χ2n) is 7.74. The summed E-state index contributed by atoms with van der Waals surface area (Å²) in [5.41, 5.74) is -0.0295. The molecule has 2 heterocycles. The molecule has 1 aliphatic heterocycles. The summed E-state index contributed by atoms with van der Waals surface area (Å²) in [5, 5.41) is 6.84. The van der Waals surface area contributed by atoms with Gasteiger partial charge >= 0.3 is 0 Å². The number of carbonyl (C=O) groups is 1. The molecule has 26 heavy (non-hydrogen) atoms. The van der Waals surface area contributed by atoms with Gasteiger partial charge in [-0.3, -0.25) is 4.79 Å². The van der Waals surface area contributed by atoms with Crippen LogP contribution in [-0.4, -0.2) is 16.6 Å². The zero-order valence-electron chi connectivity index (χ0n) is 15.6. The lowest BCUT2D eigenvalue weighted by molar-refractivity contribution is -0.120. The van der Waals surface area contributed by atoms with Crippen LogP contribution in [0.5, 0.6) is 0 Å². The molecule has 0 unspecified atom stereocenters. The van der Waals surface area contributed by atoms with Crippen molar-refractivity contribution >= 4 is 34.1 Å². The van der Waals surface area contributed by atoms with Gasteiger partial charge in [0.05, 0.1) is 16.2 Å². The molecule has 1 fully saturated rings. The normalized spacial score (nSPS) is 18.4. The van der Waals surface area contributed by atoms with Crippen molar-refractivity contribution in [1.29, 1.82) is 0 Å². The molecule has 0 radical (unpaired) electrons. The number of hydrogen-bond donors (Lipinski definition) is 2. The molecule has 2 aliphatic rings. The van der Waals surface area contributed by atoms with E-state index in [9.17, 15) is 4.79 Å². The minimum absolute atomic E-state index is 0.0295. The van der Waals surface area contributed by atoms with Gasteiger partial charge in [-0.2, -0.15) is 0 Å². The predicted molar refractivity (Wildman–Crippen MR) is 108 cm³/mol. The Bertz CT molecular complexity index is 698. The summed E-state index contributed by atoms with van der Waals surface area (Å²) in [5.74, 6) is 2.82. The van der Waals surface area contributed by atoms with Crippen molar-refractivity contribution in [1.82, 2.24) is 10.3 Å². The third-order valence-electron chi connectivity index (χ3n) is 4.49. The van der Waals surface area contributed by atoms with Crippen molar-refractivity contribution in [3.8, 4) is 0 Å². The fourth-order valence-electron chi connectivity index (χ4n) is 2.95. The molecule has 7 heteroatoms. The highest BCUT2D eigenvalue weighted by molar-refractivity contribution is 8.01. The number of hydrogen-bond acceptors (Lipinski definition) is 6. The molecule has 0 atom stereocenters. The fourth-order valence-corrected chi connectivity index (χ4v) is 4.71. The second-order valence-corrected chi connectivity index (χ2v) is 10.0. The zero-order valence-corrected chi connectivity index (χ0v) is 17.3. The number of rotatable bonds is 5. The van der Waals surface area contributed by atoms with Crippen LogP contribution >= 0.6 is 23.1 Å². The van der Waals surface area contributed by atoms with Gasteiger partial charge in [0.1, 0.15) is 11.5 Å². The lowest BCUT2D eigenvalue weighted by Crippen LogP contribution is -2.24. The maximum absolute atomic E-state index is 12.3. The molecule has 1 aliphatic carbocycles. The van der Waals surface area contributed by atoms with Gasteiger partial charge in [-0.15, -0.1) is 11.8 Å². The second kappa shape index (κ2) is 8.48. The Morgan fingerprint density at radius 1 is 1.35 bits per heavy atom. The van der Waals surface area contributed by atoms with Crippen LogP contribution in [0.3, 0.4) is 0 Å². The number of thioether (sulfide) groups is 1. The standard InChI is InChI=1S/C19H27N3O2S2/c1-19(2,3)15-10-20-9-14(24-15)12-25-16-11-21-18(26-16)22-17(23)13-7-5-4-6-8-13/h9-11,13,20H,4-8,12H2,1-3H3,(H,21,22,23). The molecule has 0 aromatic carbocycles. The molecule has 1 aromatic heterocycles. The van der Waals surface area contributed by atoms with Gasteiger partial charge in [-0.1, -0.05) is 51.4 Å². The van der Waals surface area contributed by atoms with Crippen LogP contribution in [0.2, 0.25) is 0 Å². The van der Waals surface area contributed by atoms with Gasteiger partial charge in [0, 0.05) is 23.7 Å². The van der Waals surface area contributed by atoms with Gasteiger partial charge in [0.25, 0.3) is 0 Å². The van der Waals surface area contributed by atoms with E-state index < -0.39 is 0 Å². The summed E-state index contributed by atoms with van der Waals surface area (Å²) in [6, 6.07) is 0. The molecular formula is C19H27N3O2S2. The van der Waals surface area contributed by atoms with Crippen LogP contribution in [0, 0.1) is 11.3 Å². The summed E-state index contributed by atoms with van der Waals surface area (Å²) >= 11 is 3.19. The molecule has 3 rings (SSSR count). The highest BCUT2D eigenvalue weighted by Gasteiger charge is 2.23. The summed E-state index contributed by atoms with van der Waals surface area (Å²) in [6.07, 6.45) is 11.2. The summed E-state index contributed by atoms with van der Waals surface area (Å²) in [4.78, 5) is 16.7. The van der Waals surface area contributed by atoms with Crippen LogP contribution in [0.1, 0.15) is 52.9 Å². The average Bonchev–Trinajstić information content (AvgIpc) is 3.07. The number of nitrogens with zero attached hydrogens (tertiary/aromatic N) is 1. The Morgan fingerprint density at radius 2 is 2.12 bits per heavy atom. The monoisotopic (exact) mass is 393 g/mol. The number of anilines is 1. The summed E-state index contributed by atoms with van der Waals surface area (Å²) in [6.45, 7) is 6.38. The minimum atomic E-state index is -0.0295. The topological polar surface area (TPSA) is 63.2 Å². The van der Waals surface area contributed by atoms with Gasteiger partial charge in [0.15, 0.2) is 5.13 Å². The van der Waals surface area contributed by atoms with Crippen LogP contribution in [0.15, 0.2) is 34.3 Å². The molecule has 1 amide bonds. The van der Waals surface area contributed by atoms with Gasteiger partial charge in [-0.05, 0) is 12.8 Å². The number of aromatic nitrogens is 1. The lowest BCUT2D eigenvalue weighted by Gasteiger charge is -2.26. The largest absolute Gasteiger partial charge is 0.462 e. The van der Waals surface area contributed by atoms with Crippen LogP contribution < -0.4 is 10.6 Å². The molecule has 1 aromatic rings. The van der Waals surface area contributed by atoms with E-state index in [2.05, 4.69) is 36.4 Å². The van der Waals surface area contributed by atoms with E-state index >= 15 is 0 Å². The van der Waals surface area contributed by atoms with Crippen molar-refractivity contribution in [2.75, 3.05) is 11.1 Å². The molecule has 142 valence electrons. The number of carbonyl (C=O) groups excluding carboxylic acids is 1. The Morgan fingerprint density at radius 3 is 2.85 bits per heavy atom. The van der Waals surface area contributed by atoms with E-state index in [1.807, 2.05) is 18.6 Å². The fraction of sp³-hybridized carbons (Fsp3) is 0.579. The van der Waals surface area contributed by atoms with Crippen LogP contribution in [-0.2, 0) is 9.53 Å². The first-order valence-electron chi connectivity index (χ1n) is 9.15. The SMILES string of the molecule is CC(C)(C)C1=CNC=C(CSc2cnc(NC(=O)C3CCCCC3)s2)O1. The number of allylic oxidation sites excluding steroid dienone is 1. The third-order valence-corrected chi connectivity index (χ3v) is 6.62. The summed E-state index contributed by atoms with van der Waals surface area (Å²) in [7, 11) is 0. The highest BCUT2D eigenvalue weighted by atomic mass is 32.2. The zero-order chi connectivity index (χ0) is 18.6. The van der Waals surface area contributed by atoms with E-state index in [0.29, 0.717) is 5.13 Å². The van der Waals surface area contributed by atoms with Gasteiger partial charge in [-0.25, -0.2) is 4.98 Å². The van der Waals surface area contributed by atoms with Crippen molar-refractivity contribution < 1.29 is 9.53 Å². The van der Waals surface area contributed by atoms with Crippen molar-refractivity contribution in [3.05, 3.63) is 30.1 Å². The smallest absolute Gasteiger partial charge is 0.229 e.